The van der Waals surface area contributed by atoms with Gasteiger partial charge in [-0.15, -0.1) is 11.3 Å². The van der Waals surface area contributed by atoms with Crippen molar-refractivity contribution in [3.05, 3.63) is 57.8 Å². The van der Waals surface area contributed by atoms with Crippen LogP contribution in [0.15, 0.2) is 42.5 Å². The van der Waals surface area contributed by atoms with Gasteiger partial charge < -0.3 is 10.4 Å². The molecule has 1 unspecified atom stereocenters. The van der Waals surface area contributed by atoms with Crippen LogP contribution in [0, 0.1) is 6.92 Å². The molecular weight excluding hydrogens is 274 g/mol. The van der Waals surface area contributed by atoms with E-state index in [0.29, 0.717) is 10.4 Å². The Bertz CT molecular complexity index is 636. The second kappa shape index (κ2) is 5.46. The number of nitrogens with one attached hydrogen (secondary N) is 1. The summed E-state index contributed by atoms with van der Waals surface area (Å²) in [6, 6.07) is 12.2. The van der Waals surface area contributed by atoms with Crippen LogP contribution in [0.5, 0.6) is 0 Å². The van der Waals surface area contributed by atoms with Crippen LogP contribution in [-0.4, -0.2) is 17.0 Å². The molecule has 0 spiro atoms. The van der Waals surface area contributed by atoms with Crippen LogP contribution in [0.2, 0.25) is 0 Å². The van der Waals surface area contributed by atoms with E-state index < -0.39 is 11.5 Å². The van der Waals surface area contributed by atoms with Crippen molar-refractivity contribution in [1.29, 1.82) is 0 Å². The predicted octanol–water partition coefficient (Wildman–Crippen LogP) is 2.79. The molecule has 2 N–H and O–H groups in total. The van der Waals surface area contributed by atoms with Gasteiger partial charge in [-0.3, -0.25) is 4.79 Å². The van der Waals surface area contributed by atoms with Crippen LogP contribution < -0.4 is 5.32 Å². The molecule has 2 rings (SSSR count). The van der Waals surface area contributed by atoms with E-state index in [1.807, 2.05) is 13.0 Å². The molecule has 0 aliphatic rings. The van der Waals surface area contributed by atoms with E-state index in [0.717, 1.165) is 4.88 Å². The molecule has 4 nitrogen and oxygen atoms in total. The Labute approximate surface area is 121 Å². The van der Waals surface area contributed by atoms with Gasteiger partial charge in [-0.1, -0.05) is 30.3 Å². The lowest BCUT2D eigenvalue weighted by Crippen LogP contribution is -2.49. The zero-order valence-corrected chi connectivity index (χ0v) is 12.0. The maximum Gasteiger partial charge on any atom is 0.333 e. The summed E-state index contributed by atoms with van der Waals surface area (Å²) >= 11 is 1.34. The quantitative estimate of drug-likeness (QED) is 0.909. The van der Waals surface area contributed by atoms with E-state index in [2.05, 4.69) is 5.32 Å². The molecule has 1 aromatic heterocycles. The fourth-order valence-corrected chi connectivity index (χ4v) is 2.63. The smallest absolute Gasteiger partial charge is 0.333 e. The molecule has 1 heterocycles. The average Bonchev–Trinajstić information content (AvgIpc) is 2.86. The highest BCUT2D eigenvalue weighted by Gasteiger charge is 2.37. The molecule has 0 bridgehead atoms. The summed E-state index contributed by atoms with van der Waals surface area (Å²) in [5.41, 5.74) is -0.912. The fraction of sp³-hybridized carbons (Fsp3) is 0.200. The molecule has 0 radical (unpaired) electrons. The third-order valence-electron chi connectivity index (χ3n) is 3.11. The number of carboxylic acid groups (broad SMARTS) is 1. The number of rotatable bonds is 4. The summed E-state index contributed by atoms with van der Waals surface area (Å²) in [6.07, 6.45) is 0. The zero-order valence-electron chi connectivity index (χ0n) is 11.2. The minimum atomic E-state index is -1.45. The van der Waals surface area contributed by atoms with Crippen molar-refractivity contribution in [3.8, 4) is 0 Å². The Morgan fingerprint density at radius 1 is 1.15 bits per heavy atom. The predicted molar refractivity (Wildman–Crippen MR) is 78.0 cm³/mol. The molecular formula is C15H15NO3S. The third-order valence-corrected chi connectivity index (χ3v) is 4.11. The Balaban J connectivity index is 2.31. The van der Waals surface area contributed by atoms with Crippen LogP contribution in [0.25, 0.3) is 0 Å². The third kappa shape index (κ3) is 2.72. The van der Waals surface area contributed by atoms with Crippen molar-refractivity contribution in [2.24, 2.45) is 0 Å². The lowest BCUT2D eigenvalue weighted by atomic mass is 9.92. The molecule has 1 aromatic carbocycles. The number of amides is 1. The first-order valence-electron chi connectivity index (χ1n) is 6.11. The Kier molecular flexibility index (Phi) is 3.90. The number of hydrogen-bond acceptors (Lipinski definition) is 3. The van der Waals surface area contributed by atoms with Gasteiger partial charge in [0.1, 0.15) is 0 Å². The lowest BCUT2D eigenvalue weighted by Gasteiger charge is -2.26. The molecule has 0 aliphatic heterocycles. The highest BCUT2D eigenvalue weighted by atomic mass is 32.1. The topological polar surface area (TPSA) is 66.4 Å². The Morgan fingerprint density at radius 2 is 1.80 bits per heavy atom. The molecule has 1 amide bonds. The first-order chi connectivity index (χ1) is 9.43. The van der Waals surface area contributed by atoms with Gasteiger partial charge in [-0.2, -0.15) is 0 Å². The number of aryl methyl sites for hydroxylation is 1. The summed E-state index contributed by atoms with van der Waals surface area (Å²) < 4.78 is 0. The summed E-state index contributed by atoms with van der Waals surface area (Å²) in [6.45, 7) is 3.39. The van der Waals surface area contributed by atoms with Crippen LogP contribution in [0.3, 0.4) is 0 Å². The van der Waals surface area contributed by atoms with Gasteiger partial charge in [0.2, 0.25) is 0 Å². The number of thiophene rings is 1. The number of carboxylic acids is 1. The van der Waals surface area contributed by atoms with Gasteiger partial charge in [0.15, 0.2) is 5.54 Å². The van der Waals surface area contributed by atoms with Crippen LogP contribution in [-0.2, 0) is 10.3 Å². The normalized spacial score (nSPS) is 13.5. The maximum absolute atomic E-state index is 12.2. The first-order valence-corrected chi connectivity index (χ1v) is 6.93. The van der Waals surface area contributed by atoms with E-state index in [9.17, 15) is 14.7 Å². The zero-order chi connectivity index (χ0) is 14.8. The second-order valence-corrected chi connectivity index (χ2v) is 5.95. The van der Waals surface area contributed by atoms with Gasteiger partial charge in [-0.05, 0) is 31.5 Å². The number of aliphatic carboxylic acids is 1. The minimum Gasteiger partial charge on any atom is -0.479 e. The fourth-order valence-electron chi connectivity index (χ4n) is 1.87. The number of hydrogen-bond donors (Lipinski definition) is 2. The summed E-state index contributed by atoms with van der Waals surface area (Å²) in [7, 11) is 0. The molecule has 0 fully saturated rings. The lowest BCUT2D eigenvalue weighted by molar-refractivity contribution is -0.144. The van der Waals surface area contributed by atoms with Crippen molar-refractivity contribution >= 4 is 23.2 Å². The summed E-state index contributed by atoms with van der Waals surface area (Å²) in [4.78, 5) is 25.3. The van der Waals surface area contributed by atoms with Crippen LogP contribution in [0.4, 0.5) is 0 Å². The van der Waals surface area contributed by atoms with E-state index >= 15 is 0 Å². The molecule has 0 aliphatic carbocycles. The monoisotopic (exact) mass is 289 g/mol. The van der Waals surface area contributed by atoms with Crippen molar-refractivity contribution in [2.75, 3.05) is 0 Å². The average molecular weight is 289 g/mol. The van der Waals surface area contributed by atoms with Gasteiger partial charge in [0.05, 0.1) is 4.88 Å². The number of benzene rings is 1. The van der Waals surface area contributed by atoms with Gasteiger partial charge >= 0.3 is 5.97 Å². The van der Waals surface area contributed by atoms with Crippen LogP contribution in [0.1, 0.15) is 27.0 Å². The largest absolute Gasteiger partial charge is 0.479 e. The molecule has 0 saturated carbocycles. The Hall–Kier alpha value is -2.14. The summed E-state index contributed by atoms with van der Waals surface area (Å²) in [5.74, 6) is -1.47. The molecule has 1 atom stereocenters. The number of carbonyl (C=O) groups excluding carboxylic acids is 1. The summed E-state index contributed by atoms with van der Waals surface area (Å²) in [5, 5.41) is 12.1. The first kappa shape index (κ1) is 14.3. The van der Waals surface area contributed by atoms with Crippen molar-refractivity contribution < 1.29 is 14.7 Å². The Morgan fingerprint density at radius 3 is 2.30 bits per heavy atom. The maximum atomic E-state index is 12.2. The second-order valence-electron chi connectivity index (χ2n) is 4.66. The SMILES string of the molecule is Cc1ccc(C(=O)NC(C)(C(=O)O)c2ccccc2)s1. The number of carbonyl (C=O) groups is 2. The van der Waals surface area contributed by atoms with Crippen molar-refractivity contribution in [1.82, 2.24) is 5.32 Å². The van der Waals surface area contributed by atoms with Crippen molar-refractivity contribution in [3.63, 3.8) is 0 Å². The standard InChI is InChI=1S/C15H15NO3S/c1-10-8-9-12(20-10)13(17)16-15(2,14(18)19)11-6-4-3-5-7-11/h3-9H,1-2H3,(H,16,17)(H,18,19). The molecule has 104 valence electrons. The molecule has 5 heteroatoms. The molecule has 20 heavy (non-hydrogen) atoms. The molecule has 2 aromatic rings. The van der Waals surface area contributed by atoms with E-state index in [-0.39, 0.29) is 5.91 Å². The van der Waals surface area contributed by atoms with E-state index in [1.165, 1.54) is 18.3 Å². The van der Waals surface area contributed by atoms with Crippen LogP contribution >= 0.6 is 11.3 Å². The van der Waals surface area contributed by atoms with Gasteiger partial charge in [0.25, 0.3) is 5.91 Å². The van der Waals surface area contributed by atoms with E-state index in [4.69, 9.17) is 0 Å². The minimum absolute atomic E-state index is 0.378. The van der Waals surface area contributed by atoms with Gasteiger partial charge in [-0.25, -0.2) is 4.79 Å². The van der Waals surface area contributed by atoms with Crippen molar-refractivity contribution in [2.45, 2.75) is 19.4 Å². The van der Waals surface area contributed by atoms with Gasteiger partial charge in [0, 0.05) is 4.88 Å². The van der Waals surface area contributed by atoms with E-state index in [1.54, 1.807) is 36.4 Å². The molecule has 0 saturated heterocycles. The highest BCUT2D eigenvalue weighted by molar-refractivity contribution is 7.13. The highest BCUT2D eigenvalue weighted by Crippen LogP contribution is 2.23.